The van der Waals surface area contributed by atoms with Crippen molar-refractivity contribution in [2.75, 3.05) is 13.2 Å². The maximum absolute atomic E-state index is 12.3. The predicted octanol–water partition coefficient (Wildman–Crippen LogP) is 4.27. The van der Waals surface area contributed by atoms with Gasteiger partial charge in [-0.05, 0) is 54.4 Å². The second-order valence-corrected chi connectivity index (χ2v) is 6.39. The lowest BCUT2D eigenvalue weighted by Gasteiger charge is -2.17. The third-order valence-electron chi connectivity index (χ3n) is 4.40. The van der Waals surface area contributed by atoms with Gasteiger partial charge in [-0.25, -0.2) is 4.79 Å². The van der Waals surface area contributed by atoms with Gasteiger partial charge in [-0.3, -0.25) is 4.79 Å². The molecule has 0 heterocycles. The van der Waals surface area contributed by atoms with E-state index < -0.39 is 0 Å². The summed E-state index contributed by atoms with van der Waals surface area (Å²) in [6.07, 6.45) is 0. The highest BCUT2D eigenvalue weighted by molar-refractivity contribution is 5.89. The quantitative estimate of drug-likeness (QED) is 0.625. The zero-order valence-electron chi connectivity index (χ0n) is 16.0. The molecule has 0 spiro atoms. The van der Waals surface area contributed by atoms with Gasteiger partial charge in [0.25, 0.3) is 5.91 Å². The van der Waals surface area contributed by atoms with Gasteiger partial charge in [0.2, 0.25) is 0 Å². The Kier molecular flexibility index (Phi) is 6.27. The van der Waals surface area contributed by atoms with Crippen molar-refractivity contribution in [1.29, 1.82) is 0 Å². The molecule has 28 heavy (non-hydrogen) atoms. The lowest BCUT2D eigenvalue weighted by molar-refractivity contribution is -0.123. The first-order valence-corrected chi connectivity index (χ1v) is 9.25. The molecule has 144 valence electrons. The fourth-order valence-corrected chi connectivity index (χ4v) is 3.04. The van der Waals surface area contributed by atoms with E-state index in [-0.39, 0.29) is 24.5 Å². The lowest BCUT2D eigenvalue weighted by Crippen LogP contribution is -2.31. The highest BCUT2D eigenvalue weighted by atomic mass is 16.5. The van der Waals surface area contributed by atoms with Crippen molar-refractivity contribution in [2.24, 2.45) is 0 Å². The Hall–Kier alpha value is -3.34. The molecule has 0 aliphatic heterocycles. The molecule has 0 saturated carbocycles. The van der Waals surface area contributed by atoms with E-state index in [1.54, 1.807) is 31.2 Å². The minimum Gasteiger partial charge on any atom is -0.484 e. The molecule has 0 aromatic heterocycles. The number of nitrogens with one attached hydrogen (secondary N) is 1. The van der Waals surface area contributed by atoms with Crippen LogP contribution in [0.1, 0.15) is 35.8 Å². The smallest absolute Gasteiger partial charge is 0.338 e. The number of benzene rings is 3. The summed E-state index contributed by atoms with van der Waals surface area (Å²) in [5.74, 6) is -0.0772. The molecule has 1 atom stereocenters. The summed E-state index contributed by atoms with van der Waals surface area (Å²) in [6, 6.07) is 20.5. The minimum absolute atomic E-state index is 0.103. The Bertz CT molecular complexity index is 961. The van der Waals surface area contributed by atoms with Gasteiger partial charge in [0, 0.05) is 0 Å². The molecule has 0 fully saturated rings. The zero-order chi connectivity index (χ0) is 19.9. The van der Waals surface area contributed by atoms with Gasteiger partial charge in [-0.15, -0.1) is 0 Å². The standard InChI is InChI=1S/C23H23NO4/c1-3-27-23(26)18-11-13-19(14-12-18)28-15-22(25)24-16(2)20-10-6-8-17-7-4-5-9-21(17)20/h4-14,16H,3,15H2,1-2H3,(H,24,25). The molecule has 5 heteroatoms. The Morgan fingerprint density at radius 1 is 0.964 bits per heavy atom. The van der Waals surface area contributed by atoms with E-state index in [9.17, 15) is 9.59 Å². The van der Waals surface area contributed by atoms with Crippen molar-refractivity contribution in [3.8, 4) is 5.75 Å². The van der Waals surface area contributed by atoms with Crippen molar-refractivity contribution in [1.82, 2.24) is 5.32 Å². The first-order valence-electron chi connectivity index (χ1n) is 9.25. The van der Waals surface area contributed by atoms with Crippen LogP contribution in [0.5, 0.6) is 5.75 Å². The molecule has 5 nitrogen and oxygen atoms in total. The fraction of sp³-hybridized carbons (Fsp3) is 0.217. The van der Waals surface area contributed by atoms with Crippen molar-refractivity contribution >= 4 is 22.6 Å². The Morgan fingerprint density at radius 3 is 2.43 bits per heavy atom. The van der Waals surface area contributed by atoms with Crippen LogP contribution in [0.3, 0.4) is 0 Å². The first kappa shape index (κ1) is 19.4. The zero-order valence-corrected chi connectivity index (χ0v) is 16.0. The Labute approximate surface area is 164 Å². The van der Waals surface area contributed by atoms with E-state index >= 15 is 0 Å². The van der Waals surface area contributed by atoms with Crippen molar-refractivity contribution < 1.29 is 19.1 Å². The van der Waals surface area contributed by atoms with Gasteiger partial charge >= 0.3 is 5.97 Å². The lowest BCUT2D eigenvalue weighted by atomic mass is 10.00. The summed E-state index contributed by atoms with van der Waals surface area (Å²) >= 11 is 0. The topological polar surface area (TPSA) is 64.6 Å². The van der Waals surface area contributed by atoms with E-state index in [1.165, 1.54) is 0 Å². The van der Waals surface area contributed by atoms with Gasteiger partial charge in [0.15, 0.2) is 6.61 Å². The van der Waals surface area contributed by atoms with Crippen molar-refractivity contribution in [3.63, 3.8) is 0 Å². The van der Waals surface area contributed by atoms with Crippen LogP contribution in [0.2, 0.25) is 0 Å². The van der Waals surface area contributed by atoms with Crippen molar-refractivity contribution in [2.45, 2.75) is 19.9 Å². The summed E-state index contributed by atoms with van der Waals surface area (Å²) < 4.78 is 10.5. The number of ether oxygens (including phenoxy) is 2. The maximum atomic E-state index is 12.3. The van der Waals surface area contributed by atoms with Crippen LogP contribution in [0, 0.1) is 0 Å². The number of hydrogen-bond acceptors (Lipinski definition) is 4. The van der Waals surface area contributed by atoms with Crippen LogP contribution in [0.25, 0.3) is 10.8 Å². The van der Waals surface area contributed by atoms with Gasteiger partial charge in [-0.1, -0.05) is 42.5 Å². The van der Waals surface area contributed by atoms with E-state index in [1.807, 2.05) is 31.2 Å². The van der Waals surface area contributed by atoms with E-state index in [4.69, 9.17) is 9.47 Å². The maximum Gasteiger partial charge on any atom is 0.338 e. The van der Waals surface area contributed by atoms with Crippen LogP contribution < -0.4 is 10.1 Å². The number of amides is 1. The van der Waals surface area contributed by atoms with E-state index in [0.29, 0.717) is 17.9 Å². The van der Waals surface area contributed by atoms with Gasteiger partial charge in [0.1, 0.15) is 5.75 Å². The van der Waals surface area contributed by atoms with Crippen LogP contribution in [-0.2, 0) is 9.53 Å². The highest BCUT2D eigenvalue weighted by Gasteiger charge is 2.13. The first-order chi connectivity index (χ1) is 13.6. The predicted molar refractivity (Wildman–Crippen MR) is 108 cm³/mol. The highest BCUT2D eigenvalue weighted by Crippen LogP contribution is 2.24. The Morgan fingerprint density at radius 2 is 1.68 bits per heavy atom. The fourth-order valence-electron chi connectivity index (χ4n) is 3.04. The van der Waals surface area contributed by atoms with Gasteiger partial charge < -0.3 is 14.8 Å². The molecule has 3 aromatic carbocycles. The summed E-state index contributed by atoms with van der Waals surface area (Å²) in [6.45, 7) is 3.93. The van der Waals surface area contributed by atoms with Crippen LogP contribution in [0.15, 0.2) is 66.7 Å². The molecular weight excluding hydrogens is 354 g/mol. The molecule has 3 aromatic rings. The second-order valence-electron chi connectivity index (χ2n) is 6.39. The molecule has 0 saturated heterocycles. The summed E-state index contributed by atoms with van der Waals surface area (Å²) in [7, 11) is 0. The molecule has 1 amide bonds. The average Bonchev–Trinajstić information content (AvgIpc) is 2.72. The number of hydrogen-bond donors (Lipinski definition) is 1. The van der Waals surface area contributed by atoms with Crippen molar-refractivity contribution in [3.05, 3.63) is 77.9 Å². The molecule has 0 radical (unpaired) electrons. The summed E-state index contributed by atoms with van der Waals surface area (Å²) in [4.78, 5) is 23.9. The van der Waals surface area contributed by atoms with Crippen LogP contribution in [0.4, 0.5) is 0 Å². The number of carbonyl (C=O) groups is 2. The number of rotatable bonds is 7. The monoisotopic (exact) mass is 377 g/mol. The summed E-state index contributed by atoms with van der Waals surface area (Å²) in [5.41, 5.74) is 1.51. The molecule has 0 aliphatic rings. The average molecular weight is 377 g/mol. The molecular formula is C23H23NO4. The largest absolute Gasteiger partial charge is 0.484 e. The van der Waals surface area contributed by atoms with E-state index in [0.717, 1.165) is 16.3 Å². The summed E-state index contributed by atoms with van der Waals surface area (Å²) in [5, 5.41) is 5.22. The normalized spacial score (nSPS) is 11.6. The third kappa shape index (κ3) is 4.68. The number of esters is 1. The van der Waals surface area contributed by atoms with E-state index in [2.05, 4.69) is 23.5 Å². The molecule has 0 aliphatic carbocycles. The van der Waals surface area contributed by atoms with Gasteiger partial charge in [0.05, 0.1) is 18.2 Å². The SMILES string of the molecule is CCOC(=O)c1ccc(OCC(=O)NC(C)c2cccc3ccccc23)cc1. The molecule has 0 bridgehead atoms. The van der Waals surface area contributed by atoms with Gasteiger partial charge in [-0.2, -0.15) is 0 Å². The minimum atomic E-state index is -0.379. The second kappa shape index (κ2) is 9.04. The third-order valence-corrected chi connectivity index (χ3v) is 4.40. The van der Waals surface area contributed by atoms with Crippen LogP contribution >= 0.6 is 0 Å². The molecule has 1 N–H and O–H groups in total. The van der Waals surface area contributed by atoms with Crippen LogP contribution in [-0.4, -0.2) is 25.1 Å². The molecule has 3 rings (SSSR count). The number of fused-ring (bicyclic) bond motifs is 1. The Balaban J connectivity index is 1.57. The molecule has 1 unspecified atom stereocenters. The number of carbonyl (C=O) groups excluding carboxylic acids is 2.